The summed E-state index contributed by atoms with van der Waals surface area (Å²) < 4.78 is 15.3. The summed E-state index contributed by atoms with van der Waals surface area (Å²) in [6.07, 6.45) is 0.379. The van der Waals surface area contributed by atoms with Gasteiger partial charge in [0.05, 0.1) is 18.2 Å². The number of nitrogens with zero attached hydrogens (tertiary/aromatic N) is 4. The van der Waals surface area contributed by atoms with E-state index in [-0.39, 0.29) is 23.2 Å². The molecule has 184 valence electrons. The van der Waals surface area contributed by atoms with Gasteiger partial charge < -0.3 is 20.3 Å². The summed E-state index contributed by atoms with van der Waals surface area (Å²) >= 11 is 6.26. The molecular weight excluding hydrogens is 475 g/mol. The van der Waals surface area contributed by atoms with E-state index in [0.29, 0.717) is 74.4 Å². The predicted molar refractivity (Wildman–Crippen MR) is 130 cm³/mol. The second-order valence-corrected chi connectivity index (χ2v) is 9.41. The fourth-order valence-electron chi connectivity index (χ4n) is 4.76. The van der Waals surface area contributed by atoms with E-state index >= 15 is 0 Å². The summed E-state index contributed by atoms with van der Waals surface area (Å²) in [5.74, 6) is 0.462. The summed E-state index contributed by atoms with van der Waals surface area (Å²) in [5, 5.41) is 17.7. The number of halogens is 2. The Hall–Kier alpha value is -2.92. The Balaban J connectivity index is 1.16. The number of aliphatic hydroxyl groups is 1. The van der Waals surface area contributed by atoms with Gasteiger partial charge in [0.1, 0.15) is 22.6 Å². The Kier molecular flexibility index (Phi) is 6.79. The van der Waals surface area contributed by atoms with E-state index in [1.54, 1.807) is 16.7 Å². The number of nitrogens with one attached hydrogen (secondary N) is 2. The summed E-state index contributed by atoms with van der Waals surface area (Å²) in [7, 11) is 0. The predicted octanol–water partition coefficient (Wildman–Crippen LogP) is 1.55. The number of hydrogen-bond donors (Lipinski definition) is 3. The van der Waals surface area contributed by atoms with Gasteiger partial charge >= 0.3 is 0 Å². The van der Waals surface area contributed by atoms with Gasteiger partial charge in [-0.15, -0.1) is 0 Å². The summed E-state index contributed by atoms with van der Waals surface area (Å²) in [6.45, 7) is 3.01. The van der Waals surface area contributed by atoms with E-state index in [0.717, 1.165) is 10.9 Å². The van der Waals surface area contributed by atoms with Crippen molar-refractivity contribution < 1.29 is 14.3 Å². The summed E-state index contributed by atoms with van der Waals surface area (Å²) in [4.78, 5) is 34.9. The van der Waals surface area contributed by atoms with E-state index in [9.17, 15) is 19.1 Å². The van der Waals surface area contributed by atoms with Crippen molar-refractivity contribution in [1.82, 2.24) is 24.8 Å². The van der Waals surface area contributed by atoms with Crippen molar-refractivity contribution in [1.29, 1.82) is 0 Å². The van der Waals surface area contributed by atoms with E-state index in [4.69, 9.17) is 11.6 Å². The average molecular weight is 501 g/mol. The van der Waals surface area contributed by atoms with Crippen LogP contribution in [-0.2, 0) is 24.3 Å². The van der Waals surface area contributed by atoms with Crippen molar-refractivity contribution in [2.75, 3.05) is 31.5 Å². The molecule has 5 rings (SSSR count). The first kappa shape index (κ1) is 23.8. The number of benzene rings is 1. The highest BCUT2D eigenvalue weighted by molar-refractivity contribution is 6.30. The molecule has 0 aliphatic carbocycles. The third-order valence-corrected chi connectivity index (χ3v) is 6.94. The lowest BCUT2D eigenvalue weighted by molar-refractivity contribution is -0.116. The highest BCUT2D eigenvalue weighted by atomic mass is 35.5. The van der Waals surface area contributed by atoms with E-state index in [2.05, 4.69) is 25.5 Å². The van der Waals surface area contributed by atoms with Crippen molar-refractivity contribution in [3.05, 3.63) is 63.0 Å². The Morgan fingerprint density at radius 2 is 1.97 bits per heavy atom. The number of carbonyl (C=O) groups is 1. The minimum atomic E-state index is -0.517. The number of amides is 1. The fourth-order valence-corrected chi connectivity index (χ4v) is 5.05. The molecule has 0 bridgehead atoms. The molecule has 0 saturated carbocycles. The molecular formula is C24H26ClFN6O3. The number of hydrogen-bond acceptors (Lipinski definition) is 7. The Labute approximate surface area is 205 Å². The number of pyridine rings is 1. The maximum Gasteiger partial charge on any atom is 0.251 e. The zero-order valence-corrected chi connectivity index (χ0v) is 19.8. The highest BCUT2D eigenvalue weighted by Crippen LogP contribution is 2.26. The van der Waals surface area contributed by atoms with Gasteiger partial charge in [0.15, 0.2) is 0 Å². The molecule has 0 unspecified atom stereocenters. The lowest BCUT2D eigenvalue weighted by Crippen LogP contribution is -2.31. The molecule has 3 N–H and O–H groups in total. The van der Waals surface area contributed by atoms with Crippen LogP contribution in [0, 0.1) is 11.7 Å². The molecule has 9 nitrogen and oxygen atoms in total. The topological polar surface area (TPSA) is 112 Å². The quantitative estimate of drug-likeness (QED) is 0.422. The lowest BCUT2D eigenvalue weighted by atomic mass is 10.1. The highest BCUT2D eigenvalue weighted by Gasteiger charge is 2.31. The first-order valence-electron chi connectivity index (χ1n) is 11.6. The van der Waals surface area contributed by atoms with Gasteiger partial charge in [-0.25, -0.2) is 14.4 Å². The van der Waals surface area contributed by atoms with Crippen LogP contribution in [0.3, 0.4) is 0 Å². The Morgan fingerprint density at radius 1 is 1.14 bits per heavy atom. The number of fused-ring (bicyclic) bond motifs is 2. The Bertz CT molecular complexity index is 1330. The van der Waals surface area contributed by atoms with Crippen LogP contribution in [0.25, 0.3) is 10.9 Å². The standard InChI is InChI=1S/C24H26ClFN6O3/c25-23-17-4-5-21(34)30-24(17)29-20(28-23)11-27-10-15-12-31(13-19(15)33)7-8-32-18-9-16(26)3-1-14(18)2-6-22(32)35/h1-3,6,9,15,19,27,33H,4-5,7-8,10-13H2,(H,28,29,30,34)/t15-,19+/m0/s1. The van der Waals surface area contributed by atoms with Crippen LogP contribution in [-0.4, -0.2) is 62.7 Å². The molecule has 2 aliphatic heterocycles. The molecule has 1 amide bonds. The number of carbonyl (C=O) groups excluding carboxylic acids is 1. The average Bonchev–Trinajstić information content (AvgIpc) is 3.17. The van der Waals surface area contributed by atoms with Crippen LogP contribution in [0.4, 0.5) is 10.2 Å². The number of likely N-dealkylation sites (tertiary alicyclic amines) is 1. The van der Waals surface area contributed by atoms with Crippen LogP contribution >= 0.6 is 11.6 Å². The molecule has 1 fully saturated rings. The molecule has 4 heterocycles. The molecule has 0 radical (unpaired) electrons. The number of β-amino-alcohol motifs (C(OH)–C–C–N with tert-alkyl or cyclic N) is 1. The molecule has 1 saturated heterocycles. The second-order valence-electron chi connectivity index (χ2n) is 9.05. The van der Waals surface area contributed by atoms with E-state index in [1.807, 2.05) is 0 Å². The van der Waals surface area contributed by atoms with Crippen LogP contribution in [0.2, 0.25) is 5.15 Å². The molecule has 2 atom stereocenters. The third-order valence-electron chi connectivity index (χ3n) is 6.63. The minimum Gasteiger partial charge on any atom is -0.391 e. The smallest absolute Gasteiger partial charge is 0.251 e. The van der Waals surface area contributed by atoms with Gasteiger partial charge in [0.2, 0.25) is 5.91 Å². The first-order valence-corrected chi connectivity index (χ1v) is 12.0. The second kappa shape index (κ2) is 9.98. The van der Waals surface area contributed by atoms with Crippen molar-refractivity contribution in [3.8, 4) is 0 Å². The molecule has 1 aromatic carbocycles. The summed E-state index contributed by atoms with van der Waals surface area (Å²) in [5.41, 5.74) is 1.14. The van der Waals surface area contributed by atoms with Crippen molar-refractivity contribution in [2.24, 2.45) is 5.92 Å². The number of anilines is 1. The Morgan fingerprint density at radius 3 is 2.83 bits per heavy atom. The van der Waals surface area contributed by atoms with Gasteiger partial charge in [0, 0.05) is 56.7 Å². The maximum atomic E-state index is 13.8. The van der Waals surface area contributed by atoms with E-state index < -0.39 is 6.10 Å². The number of aromatic nitrogens is 3. The number of rotatable bonds is 7. The monoisotopic (exact) mass is 500 g/mol. The maximum absolute atomic E-state index is 13.8. The van der Waals surface area contributed by atoms with Gasteiger partial charge in [-0.05, 0) is 36.1 Å². The van der Waals surface area contributed by atoms with Crippen LogP contribution in [0.15, 0.2) is 35.1 Å². The fraction of sp³-hybridized carbons (Fsp3) is 0.417. The van der Waals surface area contributed by atoms with Crippen LogP contribution in [0.5, 0.6) is 0 Å². The molecule has 3 aromatic rings. The van der Waals surface area contributed by atoms with Crippen molar-refractivity contribution in [2.45, 2.75) is 32.0 Å². The van der Waals surface area contributed by atoms with E-state index in [1.165, 1.54) is 18.2 Å². The molecule has 11 heteroatoms. The van der Waals surface area contributed by atoms with Crippen molar-refractivity contribution in [3.63, 3.8) is 0 Å². The summed E-state index contributed by atoms with van der Waals surface area (Å²) in [6, 6.07) is 7.61. The van der Waals surface area contributed by atoms with Crippen LogP contribution in [0.1, 0.15) is 17.8 Å². The SMILES string of the molecule is O=C1CCc2c(Cl)nc(CNC[C@H]3CN(CCn4c(=O)ccc5ccc(F)cc54)C[C@H]3O)nc2N1. The van der Waals surface area contributed by atoms with Crippen LogP contribution < -0.4 is 16.2 Å². The molecule has 35 heavy (non-hydrogen) atoms. The molecule has 2 aliphatic rings. The van der Waals surface area contributed by atoms with Crippen molar-refractivity contribution >= 4 is 34.2 Å². The van der Waals surface area contributed by atoms with Gasteiger partial charge in [-0.1, -0.05) is 11.6 Å². The molecule has 2 aromatic heterocycles. The minimum absolute atomic E-state index is 0.00974. The normalized spacial score (nSPS) is 20.3. The van der Waals surface area contributed by atoms with Gasteiger partial charge in [0.25, 0.3) is 5.56 Å². The largest absolute Gasteiger partial charge is 0.391 e. The third kappa shape index (κ3) is 5.20. The first-order chi connectivity index (χ1) is 16.9. The van der Waals surface area contributed by atoms with Gasteiger partial charge in [-0.2, -0.15) is 0 Å². The zero-order valence-electron chi connectivity index (χ0n) is 19.0. The number of aliphatic hydroxyl groups excluding tert-OH is 1. The zero-order chi connectivity index (χ0) is 24.5. The van der Waals surface area contributed by atoms with Gasteiger partial charge in [-0.3, -0.25) is 14.5 Å². The lowest BCUT2D eigenvalue weighted by Gasteiger charge is -2.18. The molecule has 0 spiro atoms.